The zero-order chi connectivity index (χ0) is 14.7. The number of nitrogens with one attached hydrogen (secondary N) is 2. The summed E-state index contributed by atoms with van der Waals surface area (Å²) in [4.78, 5) is 13.3. The molecule has 0 radical (unpaired) electrons. The van der Waals surface area contributed by atoms with Crippen LogP contribution in [0.5, 0.6) is 0 Å². The Morgan fingerprint density at radius 2 is 2.14 bits per heavy atom. The highest BCUT2D eigenvalue weighted by Gasteiger charge is 2.08. The van der Waals surface area contributed by atoms with E-state index in [2.05, 4.69) is 38.6 Å². The SMILES string of the molecule is CCc1cccnc1CNc1nc(NC)cn2ccnc12. The number of pyridine rings is 1. The summed E-state index contributed by atoms with van der Waals surface area (Å²) < 4.78 is 1.94. The largest absolute Gasteiger partial charge is 0.372 e. The van der Waals surface area contributed by atoms with Crippen LogP contribution in [-0.2, 0) is 13.0 Å². The van der Waals surface area contributed by atoms with Gasteiger partial charge in [-0.15, -0.1) is 0 Å². The van der Waals surface area contributed by atoms with Crippen molar-refractivity contribution in [1.29, 1.82) is 0 Å². The van der Waals surface area contributed by atoms with Crippen LogP contribution in [0.3, 0.4) is 0 Å². The number of hydrogen-bond acceptors (Lipinski definition) is 5. The lowest BCUT2D eigenvalue weighted by molar-refractivity contribution is 0.961. The van der Waals surface area contributed by atoms with E-state index in [-0.39, 0.29) is 0 Å². The third-order valence-electron chi connectivity index (χ3n) is 3.42. The van der Waals surface area contributed by atoms with E-state index >= 15 is 0 Å². The zero-order valence-corrected chi connectivity index (χ0v) is 12.2. The topological polar surface area (TPSA) is 67.1 Å². The molecule has 0 aromatic carbocycles. The fourth-order valence-electron chi connectivity index (χ4n) is 2.29. The second-order valence-electron chi connectivity index (χ2n) is 4.70. The monoisotopic (exact) mass is 282 g/mol. The van der Waals surface area contributed by atoms with Gasteiger partial charge in [0.2, 0.25) is 0 Å². The number of rotatable bonds is 5. The highest BCUT2D eigenvalue weighted by Crippen LogP contribution is 2.17. The summed E-state index contributed by atoms with van der Waals surface area (Å²) >= 11 is 0. The van der Waals surface area contributed by atoms with Gasteiger partial charge in [-0.3, -0.25) is 4.98 Å². The first-order valence-electron chi connectivity index (χ1n) is 7.00. The van der Waals surface area contributed by atoms with Crippen molar-refractivity contribution in [3.05, 3.63) is 48.2 Å². The van der Waals surface area contributed by atoms with Crippen LogP contribution in [0, 0.1) is 0 Å². The molecule has 6 heteroatoms. The molecular weight excluding hydrogens is 264 g/mol. The number of imidazole rings is 1. The molecule has 3 rings (SSSR count). The molecule has 0 aliphatic heterocycles. The van der Waals surface area contributed by atoms with Gasteiger partial charge in [-0.05, 0) is 18.1 Å². The lowest BCUT2D eigenvalue weighted by Crippen LogP contribution is -2.08. The van der Waals surface area contributed by atoms with Crippen molar-refractivity contribution in [1.82, 2.24) is 19.4 Å². The van der Waals surface area contributed by atoms with Crippen LogP contribution in [0.15, 0.2) is 36.9 Å². The minimum Gasteiger partial charge on any atom is -0.372 e. The summed E-state index contributed by atoms with van der Waals surface area (Å²) in [5.41, 5.74) is 3.10. The van der Waals surface area contributed by atoms with Gasteiger partial charge in [-0.25, -0.2) is 9.97 Å². The van der Waals surface area contributed by atoms with Crippen molar-refractivity contribution in [2.45, 2.75) is 19.9 Å². The van der Waals surface area contributed by atoms with Crippen LogP contribution < -0.4 is 10.6 Å². The smallest absolute Gasteiger partial charge is 0.180 e. The fourth-order valence-corrected chi connectivity index (χ4v) is 2.29. The van der Waals surface area contributed by atoms with Crippen molar-refractivity contribution < 1.29 is 0 Å². The van der Waals surface area contributed by atoms with E-state index in [1.54, 1.807) is 6.20 Å². The molecule has 3 heterocycles. The van der Waals surface area contributed by atoms with E-state index in [0.29, 0.717) is 6.54 Å². The maximum atomic E-state index is 4.53. The van der Waals surface area contributed by atoms with Gasteiger partial charge in [0.1, 0.15) is 5.82 Å². The Bertz CT molecular complexity index is 749. The summed E-state index contributed by atoms with van der Waals surface area (Å²) in [6, 6.07) is 4.07. The predicted molar refractivity (Wildman–Crippen MR) is 83.5 cm³/mol. The normalized spacial score (nSPS) is 10.8. The number of anilines is 2. The molecule has 0 bridgehead atoms. The molecule has 2 N–H and O–H groups in total. The molecule has 3 aromatic rings. The Labute approximate surface area is 123 Å². The lowest BCUT2D eigenvalue weighted by Gasteiger charge is -2.11. The van der Waals surface area contributed by atoms with Gasteiger partial charge >= 0.3 is 0 Å². The molecule has 0 aliphatic carbocycles. The molecule has 0 unspecified atom stereocenters. The van der Waals surface area contributed by atoms with Crippen molar-refractivity contribution >= 4 is 17.3 Å². The summed E-state index contributed by atoms with van der Waals surface area (Å²) in [7, 11) is 1.85. The van der Waals surface area contributed by atoms with Crippen LogP contribution in [0.25, 0.3) is 5.65 Å². The minimum atomic E-state index is 0.632. The Kier molecular flexibility index (Phi) is 3.68. The zero-order valence-electron chi connectivity index (χ0n) is 12.2. The molecule has 0 amide bonds. The molecule has 0 aliphatic rings. The van der Waals surface area contributed by atoms with Crippen LogP contribution >= 0.6 is 0 Å². The second-order valence-corrected chi connectivity index (χ2v) is 4.70. The van der Waals surface area contributed by atoms with Gasteiger partial charge in [0.05, 0.1) is 18.4 Å². The predicted octanol–water partition coefficient (Wildman–Crippen LogP) is 2.34. The van der Waals surface area contributed by atoms with E-state index in [1.807, 2.05) is 36.1 Å². The van der Waals surface area contributed by atoms with Crippen molar-refractivity contribution in [2.75, 3.05) is 17.7 Å². The molecule has 0 saturated heterocycles. The van der Waals surface area contributed by atoms with Gasteiger partial charge in [-0.1, -0.05) is 13.0 Å². The average Bonchev–Trinajstić information content (AvgIpc) is 3.01. The molecule has 0 atom stereocenters. The maximum Gasteiger partial charge on any atom is 0.180 e. The van der Waals surface area contributed by atoms with E-state index < -0.39 is 0 Å². The Morgan fingerprint density at radius 3 is 2.95 bits per heavy atom. The molecule has 3 aromatic heterocycles. The van der Waals surface area contributed by atoms with E-state index in [1.165, 1.54) is 5.56 Å². The summed E-state index contributed by atoms with van der Waals surface area (Å²) in [5.74, 6) is 1.54. The Morgan fingerprint density at radius 1 is 1.24 bits per heavy atom. The van der Waals surface area contributed by atoms with E-state index in [0.717, 1.165) is 29.4 Å². The highest BCUT2D eigenvalue weighted by atomic mass is 15.1. The van der Waals surface area contributed by atoms with Crippen molar-refractivity contribution in [3.8, 4) is 0 Å². The van der Waals surface area contributed by atoms with Crippen LogP contribution in [0.4, 0.5) is 11.6 Å². The number of aryl methyl sites for hydroxylation is 1. The van der Waals surface area contributed by atoms with Crippen molar-refractivity contribution in [3.63, 3.8) is 0 Å². The van der Waals surface area contributed by atoms with E-state index in [4.69, 9.17) is 0 Å². The van der Waals surface area contributed by atoms with Crippen LogP contribution in [-0.4, -0.2) is 26.4 Å². The van der Waals surface area contributed by atoms with Crippen LogP contribution in [0.1, 0.15) is 18.2 Å². The third-order valence-corrected chi connectivity index (χ3v) is 3.42. The standard InChI is InChI=1S/C15H18N6/c1-3-11-5-4-6-17-12(11)9-19-14-15-18-7-8-21(15)10-13(16-2)20-14/h4-8,10,16H,3,9H2,1-2H3,(H,19,20). The van der Waals surface area contributed by atoms with Crippen molar-refractivity contribution in [2.24, 2.45) is 0 Å². The Hall–Kier alpha value is -2.63. The van der Waals surface area contributed by atoms with Crippen LogP contribution in [0.2, 0.25) is 0 Å². The molecule has 0 saturated carbocycles. The van der Waals surface area contributed by atoms with E-state index in [9.17, 15) is 0 Å². The number of nitrogens with zero attached hydrogens (tertiary/aromatic N) is 4. The molecule has 21 heavy (non-hydrogen) atoms. The third kappa shape index (κ3) is 2.65. The molecule has 0 spiro atoms. The minimum absolute atomic E-state index is 0.632. The van der Waals surface area contributed by atoms with Gasteiger partial charge in [0, 0.05) is 25.6 Å². The maximum absolute atomic E-state index is 4.53. The first-order chi connectivity index (χ1) is 10.3. The second kappa shape index (κ2) is 5.78. The lowest BCUT2D eigenvalue weighted by atomic mass is 10.1. The summed E-state index contributed by atoms with van der Waals surface area (Å²) in [5, 5.41) is 6.40. The van der Waals surface area contributed by atoms with Gasteiger partial charge < -0.3 is 15.0 Å². The quantitative estimate of drug-likeness (QED) is 0.752. The number of fused-ring (bicyclic) bond motifs is 1. The molecule has 108 valence electrons. The first-order valence-corrected chi connectivity index (χ1v) is 7.00. The van der Waals surface area contributed by atoms with Gasteiger partial charge in [0.25, 0.3) is 0 Å². The highest BCUT2D eigenvalue weighted by molar-refractivity contribution is 5.65. The number of hydrogen-bond donors (Lipinski definition) is 2. The number of aromatic nitrogens is 4. The van der Waals surface area contributed by atoms with Gasteiger partial charge in [0.15, 0.2) is 11.5 Å². The molecule has 0 fully saturated rings. The first kappa shape index (κ1) is 13.4. The summed E-state index contributed by atoms with van der Waals surface area (Å²) in [6.07, 6.45) is 8.36. The Balaban J connectivity index is 1.89. The molecule has 6 nitrogen and oxygen atoms in total. The van der Waals surface area contributed by atoms with Gasteiger partial charge in [-0.2, -0.15) is 0 Å². The fraction of sp³-hybridized carbons (Fsp3) is 0.267. The molecular formula is C15H18N6. The summed E-state index contributed by atoms with van der Waals surface area (Å²) in [6.45, 7) is 2.76. The average molecular weight is 282 g/mol.